The van der Waals surface area contributed by atoms with Crippen molar-refractivity contribution in [3.8, 4) is 0 Å². The van der Waals surface area contributed by atoms with Crippen LogP contribution in [0.15, 0.2) is 6.07 Å². The third-order valence-corrected chi connectivity index (χ3v) is 3.38. The number of aliphatic hydroxyl groups is 1. The molecule has 1 rings (SSSR count). The van der Waals surface area contributed by atoms with Crippen LogP contribution in [-0.2, 0) is 24.1 Å². The lowest BCUT2D eigenvalue weighted by atomic mass is 10.0. The first-order valence-corrected chi connectivity index (χ1v) is 7.51. The molecular weight excluding hydrogens is 240 g/mol. The van der Waals surface area contributed by atoms with Gasteiger partial charge in [-0.15, -0.1) is 0 Å². The first-order valence-electron chi connectivity index (χ1n) is 7.51. The fourth-order valence-corrected chi connectivity index (χ4v) is 2.36. The molecule has 1 heterocycles. The number of rotatable bonds is 9. The van der Waals surface area contributed by atoms with Gasteiger partial charge < -0.3 is 9.84 Å². The summed E-state index contributed by atoms with van der Waals surface area (Å²) in [7, 11) is 0. The van der Waals surface area contributed by atoms with Gasteiger partial charge in [0.05, 0.1) is 17.9 Å². The Hall–Kier alpha value is -0.870. The number of aryl methyl sites for hydroxylation is 2. The molecule has 1 aromatic rings. The summed E-state index contributed by atoms with van der Waals surface area (Å²) in [6.45, 7) is 9.76. The van der Waals surface area contributed by atoms with E-state index in [0.29, 0.717) is 13.0 Å². The highest BCUT2D eigenvalue weighted by molar-refractivity contribution is 5.11. The molecule has 0 aromatic carbocycles. The summed E-state index contributed by atoms with van der Waals surface area (Å²) in [6.07, 6.45) is 2.95. The lowest BCUT2D eigenvalue weighted by Crippen LogP contribution is -2.31. The van der Waals surface area contributed by atoms with Crippen LogP contribution in [0.5, 0.6) is 0 Å². The second-order valence-electron chi connectivity index (χ2n) is 4.85. The molecule has 0 radical (unpaired) electrons. The number of ether oxygens (including phenoxy) is 1. The topological polar surface area (TPSA) is 47.3 Å². The van der Waals surface area contributed by atoms with Gasteiger partial charge in [0, 0.05) is 25.3 Å². The lowest BCUT2D eigenvalue weighted by molar-refractivity contribution is -0.0370. The minimum absolute atomic E-state index is 0.0692. The van der Waals surface area contributed by atoms with Crippen molar-refractivity contribution >= 4 is 0 Å². The highest BCUT2D eigenvalue weighted by Gasteiger charge is 2.21. The molecule has 0 saturated heterocycles. The van der Waals surface area contributed by atoms with E-state index in [9.17, 15) is 5.11 Å². The van der Waals surface area contributed by atoms with Crippen LogP contribution in [0.25, 0.3) is 0 Å². The molecule has 0 aliphatic carbocycles. The summed E-state index contributed by atoms with van der Waals surface area (Å²) in [5.41, 5.74) is 2.19. The minimum atomic E-state index is -0.452. The Morgan fingerprint density at radius 3 is 2.58 bits per heavy atom. The molecule has 0 saturated carbocycles. The molecule has 19 heavy (non-hydrogen) atoms. The fourth-order valence-electron chi connectivity index (χ4n) is 2.36. The van der Waals surface area contributed by atoms with Gasteiger partial charge in [0.25, 0.3) is 0 Å². The predicted octanol–water partition coefficient (Wildman–Crippen LogP) is 2.57. The second kappa shape index (κ2) is 8.33. The second-order valence-corrected chi connectivity index (χ2v) is 4.85. The van der Waals surface area contributed by atoms with Gasteiger partial charge in [-0.2, -0.15) is 5.10 Å². The van der Waals surface area contributed by atoms with Crippen molar-refractivity contribution in [1.29, 1.82) is 0 Å². The van der Waals surface area contributed by atoms with Crippen LogP contribution in [0.2, 0.25) is 0 Å². The third kappa shape index (κ3) is 4.62. The molecule has 1 aromatic heterocycles. The van der Waals surface area contributed by atoms with E-state index in [2.05, 4.69) is 31.9 Å². The van der Waals surface area contributed by atoms with Crippen molar-refractivity contribution in [1.82, 2.24) is 9.78 Å². The summed E-state index contributed by atoms with van der Waals surface area (Å²) >= 11 is 0. The largest absolute Gasteiger partial charge is 0.390 e. The van der Waals surface area contributed by atoms with Gasteiger partial charge in [-0.05, 0) is 32.8 Å². The molecule has 0 spiro atoms. The zero-order valence-electron chi connectivity index (χ0n) is 12.7. The maximum Gasteiger partial charge on any atom is 0.0856 e. The van der Waals surface area contributed by atoms with E-state index < -0.39 is 6.10 Å². The van der Waals surface area contributed by atoms with E-state index >= 15 is 0 Å². The summed E-state index contributed by atoms with van der Waals surface area (Å²) in [6, 6.07) is 2.10. The monoisotopic (exact) mass is 268 g/mol. The van der Waals surface area contributed by atoms with E-state index in [1.165, 1.54) is 0 Å². The van der Waals surface area contributed by atoms with E-state index in [4.69, 9.17) is 4.74 Å². The maximum absolute atomic E-state index is 10.4. The van der Waals surface area contributed by atoms with Crippen molar-refractivity contribution in [3.63, 3.8) is 0 Å². The first kappa shape index (κ1) is 16.2. The lowest BCUT2D eigenvalue weighted by Gasteiger charge is -2.22. The molecule has 2 unspecified atom stereocenters. The SMILES string of the molecule is CCCC(OCC)C(O)Cc1cc(CC)nn1CC. The van der Waals surface area contributed by atoms with E-state index in [1.807, 2.05) is 11.6 Å². The molecule has 110 valence electrons. The molecule has 4 heteroatoms. The average Bonchev–Trinajstić information content (AvgIpc) is 2.80. The van der Waals surface area contributed by atoms with Crippen molar-refractivity contribution in [3.05, 3.63) is 17.5 Å². The Labute approximate surface area is 116 Å². The summed E-state index contributed by atoms with van der Waals surface area (Å²) in [5, 5.41) is 14.9. The smallest absolute Gasteiger partial charge is 0.0856 e. The van der Waals surface area contributed by atoms with Crippen LogP contribution >= 0.6 is 0 Å². The Kier molecular flexibility index (Phi) is 7.10. The zero-order valence-corrected chi connectivity index (χ0v) is 12.7. The molecule has 0 fully saturated rings. The zero-order chi connectivity index (χ0) is 14.3. The van der Waals surface area contributed by atoms with Gasteiger partial charge in [-0.3, -0.25) is 4.68 Å². The van der Waals surface area contributed by atoms with Crippen LogP contribution in [0.1, 0.15) is 51.9 Å². The number of aliphatic hydroxyl groups excluding tert-OH is 1. The van der Waals surface area contributed by atoms with Gasteiger partial charge in [0.15, 0.2) is 0 Å². The van der Waals surface area contributed by atoms with Gasteiger partial charge >= 0.3 is 0 Å². The Morgan fingerprint density at radius 2 is 2.05 bits per heavy atom. The summed E-state index contributed by atoms with van der Waals surface area (Å²) in [4.78, 5) is 0. The highest BCUT2D eigenvalue weighted by Crippen LogP contribution is 2.14. The number of nitrogens with zero attached hydrogens (tertiary/aromatic N) is 2. The third-order valence-electron chi connectivity index (χ3n) is 3.38. The van der Waals surface area contributed by atoms with Crippen molar-refractivity contribution in [2.75, 3.05) is 6.61 Å². The number of hydrogen-bond donors (Lipinski definition) is 1. The normalized spacial score (nSPS) is 14.6. The van der Waals surface area contributed by atoms with Crippen molar-refractivity contribution in [2.45, 2.75) is 72.1 Å². The Balaban J connectivity index is 2.72. The first-order chi connectivity index (χ1) is 9.15. The molecule has 2 atom stereocenters. The average molecular weight is 268 g/mol. The molecule has 1 N–H and O–H groups in total. The highest BCUT2D eigenvalue weighted by atomic mass is 16.5. The van der Waals surface area contributed by atoms with Crippen LogP contribution in [0.3, 0.4) is 0 Å². The van der Waals surface area contributed by atoms with E-state index in [0.717, 1.165) is 37.2 Å². The number of hydrogen-bond acceptors (Lipinski definition) is 3. The van der Waals surface area contributed by atoms with Crippen LogP contribution in [0.4, 0.5) is 0 Å². The summed E-state index contributed by atoms with van der Waals surface area (Å²) in [5.74, 6) is 0. The molecular formula is C15H28N2O2. The molecule has 0 aliphatic rings. The van der Waals surface area contributed by atoms with Crippen LogP contribution in [0, 0.1) is 0 Å². The van der Waals surface area contributed by atoms with E-state index in [-0.39, 0.29) is 6.10 Å². The van der Waals surface area contributed by atoms with Gasteiger partial charge in [0.1, 0.15) is 0 Å². The Bertz CT molecular complexity index is 357. The molecule has 0 bridgehead atoms. The minimum Gasteiger partial charge on any atom is -0.390 e. The quantitative estimate of drug-likeness (QED) is 0.749. The van der Waals surface area contributed by atoms with Gasteiger partial charge in [0.2, 0.25) is 0 Å². The number of aromatic nitrogens is 2. The maximum atomic E-state index is 10.4. The predicted molar refractivity (Wildman–Crippen MR) is 77.3 cm³/mol. The fraction of sp³-hybridized carbons (Fsp3) is 0.800. The van der Waals surface area contributed by atoms with Crippen LogP contribution in [-0.4, -0.2) is 33.7 Å². The van der Waals surface area contributed by atoms with E-state index in [1.54, 1.807) is 0 Å². The Morgan fingerprint density at radius 1 is 1.32 bits per heavy atom. The van der Waals surface area contributed by atoms with Crippen LogP contribution < -0.4 is 0 Å². The molecule has 0 amide bonds. The standard InChI is InChI=1S/C15H28N2O2/c1-5-9-15(19-8-4)14(18)11-13-10-12(6-2)16-17(13)7-3/h10,14-15,18H,5-9,11H2,1-4H3. The van der Waals surface area contributed by atoms with Crippen molar-refractivity contribution in [2.24, 2.45) is 0 Å². The van der Waals surface area contributed by atoms with Gasteiger partial charge in [-0.1, -0.05) is 20.3 Å². The molecule has 4 nitrogen and oxygen atoms in total. The van der Waals surface area contributed by atoms with Gasteiger partial charge in [-0.25, -0.2) is 0 Å². The summed E-state index contributed by atoms with van der Waals surface area (Å²) < 4.78 is 7.63. The molecule has 0 aliphatic heterocycles. The van der Waals surface area contributed by atoms with Crippen molar-refractivity contribution < 1.29 is 9.84 Å².